The van der Waals surface area contributed by atoms with E-state index in [9.17, 15) is 4.79 Å². The van der Waals surface area contributed by atoms with Crippen LogP contribution in [0.4, 0.5) is 11.8 Å². The van der Waals surface area contributed by atoms with Crippen molar-refractivity contribution in [2.24, 2.45) is 10.9 Å². The fourth-order valence-corrected chi connectivity index (χ4v) is 1.24. The second kappa shape index (κ2) is 6.09. The molecule has 6 heteroatoms. The molecule has 1 aromatic heterocycles. The molecule has 0 aliphatic carbocycles. The van der Waals surface area contributed by atoms with Crippen molar-refractivity contribution in [3.8, 4) is 5.88 Å². The summed E-state index contributed by atoms with van der Waals surface area (Å²) in [6.07, 6.45) is 1.78. The van der Waals surface area contributed by atoms with Gasteiger partial charge in [-0.25, -0.2) is 4.99 Å². The van der Waals surface area contributed by atoms with E-state index in [1.54, 1.807) is 6.21 Å². The number of hydrogen-bond donors (Lipinski definition) is 1. The van der Waals surface area contributed by atoms with Gasteiger partial charge in [-0.2, -0.15) is 9.97 Å². The SMILES string of the molecule is COc1nc(NC(C)=O)nc(/N=C\C(C)C)c1C. The minimum Gasteiger partial charge on any atom is -0.481 e. The molecule has 0 unspecified atom stereocenters. The van der Waals surface area contributed by atoms with Crippen molar-refractivity contribution in [1.82, 2.24) is 9.97 Å². The fourth-order valence-electron chi connectivity index (χ4n) is 1.24. The maximum atomic E-state index is 11.0. The molecule has 0 saturated heterocycles. The Kier molecular flexibility index (Phi) is 4.76. The smallest absolute Gasteiger partial charge is 0.234 e. The van der Waals surface area contributed by atoms with E-state index in [-0.39, 0.29) is 11.9 Å². The summed E-state index contributed by atoms with van der Waals surface area (Å²) in [5.74, 6) is 1.18. The first-order chi connectivity index (χ1) is 8.43. The molecule has 18 heavy (non-hydrogen) atoms. The average Bonchev–Trinajstić information content (AvgIpc) is 2.28. The van der Waals surface area contributed by atoms with Crippen LogP contribution in [0.1, 0.15) is 26.3 Å². The number of hydrogen-bond acceptors (Lipinski definition) is 5. The zero-order chi connectivity index (χ0) is 13.7. The van der Waals surface area contributed by atoms with Crippen LogP contribution in [0.15, 0.2) is 4.99 Å². The maximum Gasteiger partial charge on any atom is 0.234 e. The lowest BCUT2D eigenvalue weighted by atomic mass is 10.2. The molecule has 1 aromatic rings. The Morgan fingerprint density at radius 1 is 1.44 bits per heavy atom. The number of methoxy groups -OCH3 is 1. The monoisotopic (exact) mass is 250 g/mol. The molecule has 0 atom stereocenters. The molecule has 0 aromatic carbocycles. The van der Waals surface area contributed by atoms with Gasteiger partial charge in [0.05, 0.1) is 12.7 Å². The average molecular weight is 250 g/mol. The van der Waals surface area contributed by atoms with Crippen LogP contribution in [-0.2, 0) is 4.79 Å². The first-order valence-electron chi connectivity index (χ1n) is 5.68. The van der Waals surface area contributed by atoms with Crippen molar-refractivity contribution in [3.63, 3.8) is 0 Å². The predicted molar refractivity (Wildman–Crippen MR) is 70.6 cm³/mol. The highest BCUT2D eigenvalue weighted by Gasteiger charge is 2.11. The third-order valence-electron chi connectivity index (χ3n) is 2.05. The maximum absolute atomic E-state index is 11.0. The normalized spacial score (nSPS) is 11.0. The Balaban J connectivity index is 3.18. The van der Waals surface area contributed by atoms with Crippen molar-refractivity contribution in [2.45, 2.75) is 27.7 Å². The second-order valence-corrected chi connectivity index (χ2v) is 4.21. The highest BCUT2D eigenvalue weighted by Crippen LogP contribution is 2.25. The number of carbonyl (C=O) groups excluding carboxylic acids is 1. The van der Waals surface area contributed by atoms with Crippen LogP contribution in [-0.4, -0.2) is 29.2 Å². The second-order valence-electron chi connectivity index (χ2n) is 4.21. The van der Waals surface area contributed by atoms with Gasteiger partial charge >= 0.3 is 0 Å². The van der Waals surface area contributed by atoms with Crippen molar-refractivity contribution in [1.29, 1.82) is 0 Å². The summed E-state index contributed by atoms with van der Waals surface area (Å²) in [5.41, 5.74) is 0.739. The van der Waals surface area contributed by atoms with Gasteiger partial charge in [-0.05, 0) is 12.8 Å². The molecule has 0 spiro atoms. The van der Waals surface area contributed by atoms with E-state index in [2.05, 4.69) is 20.3 Å². The molecule has 0 bridgehead atoms. The summed E-state index contributed by atoms with van der Waals surface area (Å²) in [4.78, 5) is 23.5. The van der Waals surface area contributed by atoms with Gasteiger partial charge in [0.25, 0.3) is 0 Å². The number of nitrogens with zero attached hydrogens (tertiary/aromatic N) is 3. The van der Waals surface area contributed by atoms with Gasteiger partial charge in [0, 0.05) is 13.1 Å². The number of anilines is 1. The van der Waals surface area contributed by atoms with Crippen LogP contribution in [0.25, 0.3) is 0 Å². The summed E-state index contributed by atoms with van der Waals surface area (Å²) in [5, 5.41) is 2.52. The predicted octanol–water partition coefficient (Wildman–Crippen LogP) is 2.11. The lowest BCUT2D eigenvalue weighted by molar-refractivity contribution is -0.114. The molecule has 0 fully saturated rings. The number of aliphatic imine (C=N–C) groups is 1. The van der Waals surface area contributed by atoms with E-state index < -0.39 is 0 Å². The van der Waals surface area contributed by atoms with Gasteiger partial charge in [0.2, 0.25) is 17.7 Å². The molecule has 0 aliphatic heterocycles. The highest BCUT2D eigenvalue weighted by atomic mass is 16.5. The Morgan fingerprint density at radius 2 is 2.11 bits per heavy atom. The molecule has 0 radical (unpaired) electrons. The third kappa shape index (κ3) is 3.80. The number of ether oxygens (including phenoxy) is 1. The van der Waals surface area contributed by atoms with Crippen LogP contribution >= 0.6 is 0 Å². The molecule has 6 nitrogen and oxygen atoms in total. The quantitative estimate of drug-likeness (QED) is 0.830. The topological polar surface area (TPSA) is 76.5 Å². The van der Waals surface area contributed by atoms with Crippen LogP contribution in [0.2, 0.25) is 0 Å². The van der Waals surface area contributed by atoms with E-state index in [1.807, 2.05) is 20.8 Å². The van der Waals surface area contributed by atoms with E-state index in [0.717, 1.165) is 5.56 Å². The summed E-state index contributed by atoms with van der Waals surface area (Å²) in [6, 6.07) is 0. The molecule has 1 rings (SSSR count). The molecule has 1 heterocycles. The summed E-state index contributed by atoms with van der Waals surface area (Å²) in [7, 11) is 1.52. The minimum atomic E-state index is -0.236. The largest absolute Gasteiger partial charge is 0.481 e. The van der Waals surface area contributed by atoms with Crippen molar-refractivity contribution in [2.75, 3.05) is 12.4 Å². The van der Waals surface area contributed by atoms with Crippen LogP contribution < -0.4 is 10.1 Å². The molecule has 1 N–H and O–H groups in total. The Morgan fingerprint density at radius 3 is 2.61 bits per heavy atom. The zero-order valence-corrected chi connectivity index (χ0v) is 11.3. The number of nitrogens with one attached hydrogen (secondary N) is 1. The lowest BCUT2D eigenvalue weighted by Gasteiger charge is -2.08. The lowest BCUT2D eigenvalue weighted by Crippen LogP contribution is -2.10. The summed E-state index contributed by atoms with van der Waals surface area (Å²) < 4.78 is 5.14. The molecule has 98 valence electrons. The van der Waals surface area contributed by atoms with E-state index in [0.29, 0.717) is 17.6 Å². The first kappa shape index (κ1) is 14.1. The number of carbonyl (C=O) groups is 1. The van der Waals surface area contributed by atoms with Gasteiger partial charge in [0.15, 0.2) is 5.82 Å². The molecular formula is C12H18N4O2. The number of rotatable bonds is 4. The molecule has 0 saturated carbocycles. The minimum absolute atomic E-state index is 0.195. The highest BCUT2D eigenvalue weighted by molar-refractivity contribution is 5.87. The number of aromatic nitrogens is 2. The molecule has 0 aliphatic rings. The fraction of sp³-hybridized carbons (Fsp3) is 0.500. The van der Waals surface area contributed by atoms with Crippen LogP contribution in [0.5, 0.6) is 5.88 Å². The van der Waals surface area contributed by atoms with Crippen molar-refractivity contribution < 1.29 is 9.53 Å². The van der Waals surface area contributed by atoms with Gasteiger partial charge in [0.1, 0.15) is 0 Å². The van der Waals surface area contributed by atoms with Crippen LogP contribution in [0.3, 0.4) is 0 Å². The van der Waals surface area contributed by atoms with Gasteiger partial charge < -0.3 is 4.74 Å². The third-order valence-corrected chi connectivity index (χ3v) is 2.05. The number of amides is 1. The van der Waals surface area contributed by atoms with E-state index in [4.69, 9.17) is 4.74 Å². The Hall–Kier alpha value is -1.98. The summed E-state index contributed by atoms with van der Waals surface area (Å²) >= 11 is 0. The Labute approximate surface area is 107 Å². The zero-order valence-electron chi connectivity index (χ0n) is 11.3. The summed E-state index contributed by atoms with van der Waals surface area (Å²) in [6.45, 7) is 7.26. The van der Waals surface area contributed by atoms with Gasteiger partial charge in [-0.3, -0.25) is 10.1 Å². The molecular weight excluding hydrogens is 232 g/mol. The Bertz CT molecular complexity index is 469. The first-order valence-corrected chi connectivity index (χ1v) is 5.68. The van der Waals surface area contributed by atoms with E-state index in [1.165, 1.54) is 14.0 Å². The van der Waals surface area contributed by atoms with Crippen molar-refractivity contribution >= 4 is 23.9 Å². The van der Waals surface area contributed by atoms with Gasteiger partial charge in [-0.1, -0.05) is 13.8 Å². The van der Waals surface area contributed by atoms with Crippen LogP contribution in [0, 0.1) is 12.8 Å². The standard InChI is InChI=1S/C12H18N4O2/c1-7(2)6-13-10-8(3)11(18-5)16-12(15-10)14-9(4)17/h6-7H,1-5H3,(H,14,15,16,17)/b13-6-. The van der Waals surface area contributed by atoms with E-state index >= 15 is 0 Å². The molecule has 1 amide bonds. The van der Waals surface area contributed by atoms with Gasteiger partial charge in [-0.15, -0.1) is 0 Å². The van der Waals surface area contributed by atoms with Crippen molar-refractivity contribution in [3.05, 3.63) is 5.56 Å².